The van der Waals surface area contributed by atoms with Gasteiger partial charge in [-0.2, -0.15) is 0 Å². The molecule has 0 saturated heterocycles. The maximum atomic E-state index is 12.5. The third kappa shape index (κ3) is 4.92. The summed E-state index contributed by atoms with van der Waals surface area (Å²) in [5.74, 6) is -1.87. The van der Waals surface area contributed by atoms with Gasteiger partial charge in [-0.1, -0.05) is 36.9 Å². The van der Waals surface area contributed by atoms with Crippen LogP contribution in [0.3, 0.4) is 0 Å². The number of hydrogen-bond acceptors (Lipinski definition) is 3. The van der Waals surface area contributed by atoms with Crippen molar-refractivity contribution in [2.45, 2.75) is 13.8 Å². The molecule has 0 aliphatic carbocycles. The van der Waals surface area contributed by atoms with Crippen molar-refractivity contribution in [3.63, 3.8) is 0 Å². The van der Waals surface area contributed by atoms with E-state index in [1.807, 2.05) is 50.2 Å². The number of carboxylic acids is 1. The number of hydrogen-bond donors (Lipinski definition) is 2. The van der Waals surface area contributed by atoms with Crippen LogP contribution < -0.4 is 5.32 Å². The maximum absolute atomic E-state index is 12.5. The molecule has 0 spiro atoms. The highest BCUT2D eigenvalue weighted by molar-refractivity contribution is 6.04. The Labute approximate surface area is 186 Å². The average molecular weight is 428 g/mol. The summed E-state index contributed by atoms with van der Waals surface area (Å²) in [4.78, 5) is 36.9. The molecule has 0 saturated carbocycles. The highest BCUT2D eigenvalue weighted by atomic mass is 16.4. The van der Waals surface area contributed by atoms with Gasteiger partial charge < -0.3 is 15.3 Å². The minimum atomic E-state index is -1.25. The van der Waals surface area contributed by atoms with Crippen LogP contribution in [0, 0.1) is 13.8 Å². The Kier molecular flexibility index (Phi) is 6.54. The topological polar surface area (TPSA) is 86.7 Å². The number of anilines is 1. The lowest BCUT2D eigenvalue weighted by Gasteiger charge is -2.16. The van der Waals surface area contributed by atoms with Crippen molar-refractivity contribution in [3.8, 4) is 11.1 Å². The van der Waals surface area contributed by atoms with Crippen LogP contribution in [0.1, 0.15) is 31.8 Å². The van der Waals surface area contributed by atoms with Crippen LogP contribution in [0.25, 0.3) is 11.1 Å². The lowest BCUT2D eigenvalue weighted by Crippen LogP contribution is -2.29. The second-order valence-electron chi connectivity index (χ2n) is 7.52. The van der Waals surface area contributed by atoms with Gasteiger partial charge >= 0.3 is 5.97 Å². The summed E-state index contributed by atoms with van der Waals surface area (Å²) in [6, 6.07) is 19.8. The number of nitrogens with zero attached hydrogens (tertiary/aromatic N) is 1. The SMILES string of the molecule is C=C(C(=O)O)N(C)C(=O)c1ccc(-c2ccc(NC(=O)c3ccc(C)c(C)c3)cc2)cc1. The Morgan fingerprint density at radius 2 is 1.34 bits per heavy atom. The first kappa shape index (κ1) is 22.5. The standard InChI is InChI=1S/C26H24N2O4/c1-16-5-6-22(15-17(16)2)24(29)27-23-13-11-20(12-14-23)19-7-9-21(10-8-19)25(30)28(4)18(3)26(31)32/h5-15H,3H2,1-2,4H3,(H,27,29)(H,31,32). The molecule has 32 heavy (non-hydrogen) atoms. The van der Waals surface area contributed by atoms with E-state index in [1.54, 1.807) is 30.3 Å². The van der Waals surface area contributed by atoms with E-state index >= 15 is 0 Å². The summed E-state index contributed by atoms with van der Waals surface area (Å²) in [5, 5.41) is 11.9. The van der Waals surface area contributed by atoms with Crippen LogP contribution in [0.15, 0.2) is 79.0 Å². The van der Waals surface area contributed by atoms with Crippen molar-refractivity contribution in [2.24, 2.45) is 0 Å². The number of rotatable bonds is 6. The number of aliphatic carboxylic acids is 1. The third-order valence-corrected chi connectivity index (χ3v) is 5.33. The van der Waals surface area contributed by atoms with E-state index in [0.717, 1.165) is 27.2 Å². The molecule has 6 heteroatoms. The normalized spacial score (nSPS) is 10.3. The van der Waals surface area contributed by atoms with E-state index in [2.05, 4.69) is 11.9 Å². The molecule has 0 aliphatic heterocycles. The van der Waals surface area contributed by atoms with Gasteiger partial charge in [-0.15, -0.1) is 0 Å². The fourth-order valence-electron chi connectivity index (χ4n) is 3.10. The van der Waals surface area contributed by atoms with Crippen molar-refractivity contribution in [1.29, 1.82) is 0 Å². The van der Waals surface area contributed by atoms with Crippen LogP contribution >= 0.6 is 0 Å². The van der Waals surface area contributed by atoms with Crippen molar-refractivity contribution in [2.75, 3.05) is 12.4 Å². The molecule has 3 aromatic rings. The highest BCUT2D eigenvalue weighted by Gasteiger charge is 2.18. The quantitative estimate of drug-likeness (QED) is 0.547. The van der Waals surface area contributed by atoms with Crippen molar-refractivity contribution < 1.29 is 19.5 Å². The highest BCUT2D eigenvalue weighted by Crippen LogP contribution is 2.23. The number of aryl methyl sites for hydroxylation is 2. The molecule has 0 bridgehead atoms. The van der Waals surface area contributed by atoms with Gasteiger partial charge in [-0.3, -0.25) is 9.59 Å². The number of amides is 2. The minimum absolute atomic E-state index is 0.171. The molecule has 162 valence electrons. The number of carbonyl (C=O) groups excluding carboxylic acids is 2. The van der Waals surface area contributed by atoms with Crippen LogP contribution in [0.4, 0.5) is 5.69 Å². The van der Waals surface area contributed by atoms with E-state index in [4.69, 9.17) is 5.11 Å². The molecule has 3 rings (SSSR count). The molecule has 0 atom stereocenters. The summed E-state index contributed by atoms with van der Waals surface area (Å²) < 4.78 is 0. The van der Waals surface area contributed by atoms with E-state index < -0.39 is 11.9 Å². The van der Waals surface area contributed by atoms with Gasteiger partial charge in [-0.05, 0) is 72.5 Å². The fourth-order valence-corrected chi connectivity index (χ4v) is 3.10. The van der Waals surface area contributed by atoms with Crippen LogP contribution in [-0.2, 0) is 4.79 Å². The number of benzene rings is 3. The fraction of sp³-hybridized carbons (Fsp3) is 0.115. The van der Waals surface area contributed by atoms with Crippen molar-refractivity contribution in [1.82, 2.24) is 4.90 Å². The van der Waals surface area contributed by atoms with Crippen molar-refractivity contribution >= 4 is 23.5 Å². The zero-order valence-electron chi connectivity index (χ0n) is 18.2. The summed E-state index contributed by atoms with van der Waals surface area (Å²) >= 11 is 0. The third-order valence-electron chi connectivity index (χ3n) is 5.33. The molecule has 3 aromatic carbocycles. The van der Waals surface area contributed by atoms with Crippen LogP contribution in [-0.4, -0.2) is 34.8 Å². The van der Waals surface area contributed by atoms with Gasteiger partial charge in [0.25, 0.3) is 11.8 Å². The first-order valence-corrected chi connectivity index (χ1v) is 9.96. The largest absolute Gasteiger partial charge is 0.477 e. The lowest BCUT2D eigenvalue weighted by molar-refractivity contribution is -0.134. The van der Waals surface area contributed by atoms with E-state index in [0.29, 0.717) is 16.8 Å². The predicted molar refractivity (Wildman–Crippen MR) is 125 cm³/mol. The van der Waals surface area contributed by atoms with Crippen LogP contribution in [0.5, 0.6) is 0 Å². The molecule has 0 unspecified atom stereocenters. The van der Waals surface area contributed by atoms with Gasteiger partial charge in [0.05, 0.1) is 0 Å². The number of carbonyl (C=O) groups is 3. The number of likely N-dealkylation sites (N-methyl/N-ethyl adjacent to an activating group) is 1. The molecule has 0 fully saturated rings. The maximum Gasteiger partial charge on any atom is 0.351 e. The zero-order valence-corrected chi connectivity index (χ0v) is 18.2. The minimum Gasteiger partial charge on any atom is -0.477 e. The van der Waals surface area contributed by atoms with Gasteiger partial charge in [0.2, 0.25) is 0 Å². The van der Waals surface area contributed by atoms with E-state index in [1.165, 1.54) is 7.05 Å². The summed E-state index contributed by atoms with van der Waals surface area (Å²) in [7, 11) is 1.37. The summed E-state index contributed by atoms with van der Waals surface area (Å²) in [6.45, 7) is 7.37. The Balaban J connectivity index is 1.70. The first-order valence-electron chi connectivity index (χ1n) is 9.96. The summed E-state index contributed by atoms with van der Waals surface area (Å²) in [5.41, 5.74) is 5.34. The first-order chi connectivity index (χ1) is 15.2. The second kappa shape index (κ2) is 9.31. The van der Waals surface area contributed by atoms with Gasteiger partial charge in [-0.25, -0.2) is 4.79 Å². The van der Waals surface area contributed by atoms with Crippen LogP contribution in [0.2, 0.25) is 0 Å². The molecule has 0 aliphatic rings. The Bertz CT molecular complexity index is 1200. The predicted octanol–water partition coefficient (Wildman–Crippen LogP) is 4.89. The van der Waals surface area contributed by atoms with Gasteiger partial charge in [0, 0.05) is 23.9 Å². The molecule has 0 heterocycles. The molecule has 0 radical (unpaired) electrons. The second-order valence-corrected chi connectivity index (χ2v) is 7.52. The molecule has 0 aromatic heterocycles. The molecular weight excluding hydrogens is 404 g/mol. The molecule has 2 amide bonds. The van der Waals surface area contributed by atoms with Crippen molar-refractivity contribution in [3.05, 3.63) is 101 Å². The Hall–Kier alpha value is -4.19. The molecular formula is C26H24N2O4. The van der Waals surface area contributed by atoms with E-state index in [9.17, 15) is 14.4 Å². The summed E-state index contributed by atoms with van der Waals surface area (Å²) in [6.07, 6.45) is 0. The van der Waals surface area contributed by atoms with Gasteiger partial charge in [0.15, 0.2) is 0 Å². The smallest absolute Gasteiger partial charge is 0.351 e. The Morgan fingerprint density at radius 1 is 0.812 bits per heavy atom. The number of nitrogens with one attached hydrogen (secondary N) is 1. The molecule has 6 nitrogen and oxygen atoms in total. The molecule has 2 N–H and O–H groups in total. The number of carboxylic acid groups (broad SMARTS) is 1. The monoisotopic (exact) mass is 428 g/mol. The lowest BCUT2D eigenvalue weighted by atomic mass is 10.0. The zero-order chi connectivity index (χ0) is 23.4. The Morgan fingerprint density at radius 3 is 1.88 bits per heavy atom. The van der Waals surface area contributed by atoms with E-state index in [-0.39, 0.29) is 11.6 Å². The average Bonchev–Trinajstić information content (AvgIpc) is 2.80. The van der Waals surface area contributed by atoms with Gasteiger partial charge in [0.1, 0.15) is 5.70 Å².